The number of benzene rings is 2. The second kappa shape index (κ2) is 9.96. The molecule has 2 aromatic carbocycles. The second-order valence-corrected chi connectivity index (χ2v) is 9.76. The molecule has 0 saturated heterocycles. The largest absolute Gasteiger partial charge is 1.00 e. The lowest BCUT2D eigenvalue weighted by Gasteiger charge is -2.14. The standard InChI is InChI=1S/C22H18Cl2N3O4S.HI/c1-2-25-11-3-4-15(13-25)14-26-20-12-17(24)7-10-19(20)21(28)27(22(26)29)32(30,31)18-8-5-16(23)6-9-18;/h3-13H,2,14H2,1H3;1H/q+1;/p-1. The SMILES string of the molecule is CC[n+]1cccc(Cn2c(=O)n(S(=O)(=O)c3ccc(Cl)cc3)c(=O)c3ccc(Cl)cc32)c1.[I-]. The van der Waals surface area contributed by atoms with Gasteiger partial charge in [0.15, 0.2) is 12.4 Å². The first-order valence-corrected chi connectivity index (χ1v) is 11.9. The highest BCUT2D eigenvalue weighted by molar-refractivity contribution is 7.90. The van der Waals surface area contributed by atoms with Crippen LogP contribution in [0.2, 0.25) is 10.0 Å². The topological polar surface area (TPSA) is 82.0 Å². The first-order chi connectivity index (χ1) is 15.2. The molecule has 2 aromatic heterocycles. The highest BCUT2D eigenvalue weighted by Crippen LogP contribution is 2.19. The van der Waals surface area contributed by atoms with Gasteiger partial charge in [-0.15, -0.1) is 3.97 Å². The highest BCUT2D eigenvalue weighted by atomic mass is 127. The van der Waals surface area contributed by atoms with Crippen LogP contribution in [0.15, 0.2) is 81.5 Å². The summed E-state index contributed by atoms with van der Waals surface area (Å²) in [5.74, 6) is 0. The molecule has 0 fully saturated rings. The van der Waals surface area contributed by atoms with Crippen LogP contribution in [0.5, 0.6) is 0 Å². The monoisotopic (exact) mass is 617 g/mol. The number of hydrogen-bond donors (Lipinski definition) is 0. The Morgan fingerprint density at radius 3 is 2.30 bits per heavy atom. The van der Waals surface area contributed by atoms with E-state index in [0.717, 1.165) is 12.1 Å². The summed E-state index contributed by atoms with van der Waals surface area (Å²) >= 11 is 12.0. The molecule has 7 nitrogen and oxygen atoms in total. The van der Waals surface area contributed by atoms with E-state index in [1.807, 2.05) is 36.0 Å². The van der Waals surface area contributed by atoms with E-state index >= 15 is 0 Å². The van der Waals surface area contributed by atoms with Gasteiger partial charge in [-0.3, -0.25) is 9.36 Å². The summed E-state index contributed by atoms with van der Waals surface area (Å²) in [6, 6.07) is 13.3. The fourth-order valence-corrected chi connectivity index (χ4v) is 5.05. The fourth-order valence-electron chi connectivity index (χ4n) is 3.44. The third-order valence-electron chi connectivity index (χ3n) is 5.05. The number of hydrogen-bond acceptors (Lipinski definition) is 4. The van der Waals surface area contributed by atoms with Gasteiger partial charge in [-0.2, -0.15) is 0 Å². The molecule has 0 radical (unpaired) electrons. The van der Waals surface area contributed by atoms with Crippen molar-refractivity contribution in [1.82, 2.24) is 8.54 Å². The Morgan fingerprint density at radius 1 is 0.970 bits per heavy atom. The Bertz CT molecular complexity index is 1570. The zero-order chi connectivity index (χ0) is 23.0. The van der Waals surface area contributed by atoms with Crippen molar-refractivity contribution in [2.24, 2.45) is 0 Å². The van der Waals surface area contributed by atoms with Crippen LogP contribution in [-0.2, 0) is 23.1 Å². The first kappa shape index (κ1) is 25.4. The van der Waals surface area contributed by atoms with Gasteiger partial charge in [0.2, 0.25) is 0 Å². The fraction of sp³-hybridized carbons (Fsp3) is 0.136. The predicted octanol–water partition coefficient (Wildman–Crippen LogP) is 0.0667. The van der Waals surface area contributed by atoms with Crippen LogP contribution in [0, 0.1) is 0 Å². The van der Waals surface area contributed by atoms with Gasteiger partial charge < -0.3 is 24.0 Å². The van der Waals surface area contributed by atoms with E-state index in [0.29, 0.717) is 14.0 Å². The van der Waals surface area contributed by atoms with Crippen LogP contribution < -0.4 is 39.8 Å². The van der Waals surface area contributed by atoms with Gasteiger partial charge in [-0.25, -0.2) is 17.8 Å². The van der Waals surface area contributed by atoms with Gasteiger partial charge in [0.25, 0.3) is 15.6 Å². The first-order valence-electron chi connectivity index (χ1n) is 9.66. The molecule has 0 aliphatic heterocycles. The lowest BCUT2D eigenvalue weighted by molar-refractivity contribution is -0.694. The number of nitrogens with zero attached hydrogens (tertiary/aromatic N) is 3. The minimum Gasteiger partial charge on any atom is -1.00 e. The maximum atomic E-state index is 13.4. The second-order valence-electron chi connectivity index (χ2n) is 7.10. The van der Waals surface area contributed by atoms with Gasteiger partial charge in [0.1, 0.15) is 6.54 Å². The Kier molecular flexibility index (Phi) is 7.67. The van der Waals surface area contributed by atoms with Crippen LogP contribution in [0.25, 0.3) is 10.9 Å². The predicted molar refractivity (Wildman–Crippen MR) is 123 cm³/mol. The van der Waals surface area contributed by atoms with E-state index in [1.54, 1.807) is 0 Å². The molecule has 0 amide bonds. The molecule has 0 atom stereocenters. The van der Waals surface area contributed by atoms with Crippen LogP contribution in [-0.4, -0.2) is 17.0 Å². The van der Waals surface area contributed by atoms with E-state index in [9.17, 15) is 18.0 Å². The van der Waals surface area contributed by atoms with Gasteiger partial charge in [-0.1, -0.05) is 23.2 Å². The molecule has 0 N–H and O–H groups in total. The lowest BCUT2D eigenvalue weighted by Crippen LogP contribution is -3.00. The molecule has 4 rings (SSSR count). The minimum atomic E-state index is -4.47. The highest BCUT2D eigenvalue weighted by Gasteiger charge is 2.25. The van der Waals surface area contributed by atoms with E-state index in [-0.39, 0.29) is 46.3 Å². The summed E-state index contributed by atoms with van der Waals surface area (Å²) < 4.78 is 30.0. The van der Waals surface area contributed by atoms with Crippen molar-refractivity contribution in [3.05, 3.63) is 103 Å². The summed E-state index contributed by atoms with van der Waals surface area (Å²) in [4.78, 5) is 26.4. The molecule has 0 unspecified atom stereocenters. The molecule has 0 saturated carbocycles. The third-order valence-corrected chi connectivity index (χ3v) is 7.20. The van der Waals surface area contributed by atoms with E-state index in [2.05, 4.69) is 0 Å². The van der Waals surface area contributed by atoms with Crippen molar-refractivity contribution in [3.8, 4) is 0 Å². The molecular weight excluding hydrogens is 600 g/mol. The van der Waals surface area contributed by atoms with Gasteiger partial charge >= 0.3 is 5.69 Å². The van der Waals surface area contributed by atoms with Crippen molar-refractivity contribution >= 4 is 44.1 Å². The van der Waals surface area contributed by atoms with Crippen LogP contribution in [0.4, 0.5) is 0 Å². The number of fused-ring (bicyclic) bond motifs is 1. The average Bonchev–Trinajstić information content (AvgIpc) is 2.77. The Labute approximate surface area is 216 Å². The van der Waals surface area contributed by atoms with Gasteiger partial charge in [-0.05, 0) is 55.5 Å². The molecular formula is C22H18Cl2IN3O4S. The number of aromatic nitrogens is 3. The molecule has 0 spiro atoms. The molecule has 0 aliphatic carbocycles. The molecule has 0 bridgehead atoms. The van der Waals surface area contributed by atoms with Gasteiger partial charge in [0, 0.05) is 21.7 Å². The Hall–Kier alpha value is -2.21. The van der Waals surface area contributed by atoms with E-state index in [1.165, 1.54) is 47.0 Å². The molecule has 2 heterocycles. The summed E-state index contributed by atoms with van der Waals surface area (Å²) in [6.45, 7) is 2.75. The smallest absolute Gasteiger partial charge is 0.346 e. The summed E-state index contributed by atoms with van der Waals surface area (Å²) in [7, 11) is -4.47. The van der Waals surface area contributed by atoms with Crippen LogP contribution in [0.1, 0.15) is 12.5 Å². The van der Waals surface area contributed by atoms with Crippen molar-refractivity contribution < 1.29 is 37.0 Å². The maximum absolute atomic E-state index is 13.4. The van der Waals surface area contributed by atoms with Crippen molar-refractivity contribution in [2.45, 2.75) is 24.9 Å². The maximum Gasteiger partial charge on any atom is 0.346 e. The number of pyridine rings is 1. The summed E-state index contributed by atoms with van der Waals surface area (Å²) in [6.07, 6.45) is 3.74. The van der Waals surface area contributed by atoms with E-state index < -0.39 is 21.3 Å². The summed E-state index contributed by atoms with van der Waals surface area (Å²) in [5.41, 5.74) is -0.912. The number of aryl methyl sites for hydroxylation is 1. The quantitative estimate of drug-likeness (QED) is 0.234. The van der Waals surface area contributed by atoms with Crippen molar-refractivity contribution in [2.75, 3.05) is 0 Å². The minimum absolute atomic E-state index is 0. The van der Waals surface area contributed by atoms with Gasteiger partial charge in [0.05, 0.1) is 22.3 Å². The summed E-state index contributed by atoms with van der Waals surface area (Å²) in [5, 5.41) is 0.709. The third kappa shape index (κ3) is 4.86. The Morgan fingerprint density at radius 2 is 1.64 bits per heavy atom. The zero-order valence-corrected chi connectivity index (χ0v) is 21.8. The molecule has 33 heavy (non-hydrogen) atoms. The van der Waals surface area contributed by atoms with E-state index in [4.69, 9.17) is 23.2 Å². The van der Waals surface area contributed by atoms with Crippen molar-refractivity contribution in [3.63, 3.8) is 0 Å². The molecule has 4 aromatic rings. The number of halogens is 3. The van der Waals surface area contributed by atoms with Crippen LogP contribution in [0.3, 0.4) is 0 Å². The number of rotatable bonds is 5. The Balaban J connectivity index is 0.00000306. The molecule has 172 valence electrons. The lowest BCUT2D eigenvalue weighted by atomic mass is 10.2. The molecule has 11 heteroatoms. The zero-order valence-electron chi connectivity index (χ0n) is 17.3. The molecule has 0 aliphatic rings. The normalized spacial score (nSPS) is 11.4. The van der Waals surface area contributed by atoms with Crippen LogP contribution >= 0.6 is 23.2 Å². The van der Waals surface area contributed by atoms with Crippen molar-refractivity contribution in [1.29, 1.82) is 0 Å². The average molecular weight is 618 g/mol.